The first-order chi connectivity index (χ1) is 11.7. The summed E-state index contributed by atoms with van der Waals surface area (Å²) in [7, 11) is 5.43. The molecule has 1 fully saturated rings. The van der Waals surface area contributed by atoms with Crippen molar-refractivity contribution >= 4 is 5.82 Å². The van der Waals surface area contributed by atoms with Crippen molar-refractivity contribution in [3.8, 4) is 11.5 Å². The third-order valence-corrected chi connectivity index (χ3v) is 4.58. The molecular weight excluding hydrogens is 304 g/mol. The van der Waals surface area contributed by atoms with E-state index < -0.39 is 0 Å². The summed E-state index contributed by atoms with van der Waals surface area (Å²) < 4.78 is 10.7. The first-order valence-electron chi connectivity index (χ1n) is 8.13. The number of likely N-dealkylation sites (N-methyl/N-ethyl adjacent to an activating group) is 1. The lowest BCUT2D eigenvalue weighted by molar-refractivity contribution is 0.322. The van der Waals surface area contributed by atoms with Crippen LogP contribution in [0, 0.1) is 0 Å². The average molecular weight is 328 g/mol. The SMILES string of the molecule is COc1ccc(CN2CCC(N(C)c3ccncn3)C2)cc1OC. The Balaban J connectivity index is 1.62. The molecule has 1 saturated heterocycles. The molecule has 6 nitrogen and oxygen atoms in total. The molecular formula is C18H24N4O2. The Bertz CT molecular complexity index is 665. The zero-order valence-corrected chi connectivity index (χ0v) is 14.5. The van der Waals surface area contributed by atoms with Gasteiger partial charge in [0.05, 0.1) is 14.2 Å². The fourth-order valence-electron chi connectivity index (χ4n) is 3.19. The van der Waals surface area contributed by atoms with Crippen molar-refractivity contribution in [2.24, 2.45) is 0 Å². The van der Waals surface area contributed by atoms with E-state index in [1.165, 1.54) is 5.56 Å². The molecule has 0 saturated carbocycles. The van der Waals surface area contributed by atoms with Crippen LogP contribution in [0.3, 0.4) is 0 Å². The normalized spacial score (nSPS) is 17.7. The minimum atomic E-state index is 0.472. The third kappa shape index (κ3) is 3.59. The fraction of sp³-hybridized carbons (Fsp3) is 0.444. The molecule has 1 aromatic heterocycles. The number of methoxy groups -OCH3 is 2. The van der Waals surface area contributed by atoms with Crippen molar-refractivity contribution in [3.05, 3.63) is 42.4 Å². The maximum absolute atomic E-state index is 5.39. The molecule has 3 rings (SSSR count). The summed E-state index contributed by atoms with van der Waals surface area (Å²) in [4.78, 5) is 13.0. The zero-order chi connectivity index (χ0) is 16.9. The van der Waals surface area contributed by atoms with Gasteiger partial charge in [0.15, 0.2) is 11.5 Å². The van der Waals surface area contributed by atoms with E-state index in [0.717, 1.165) is 43.4 Å². The van der Waals surface area contributed by atoms with Crippen molar-refractivity contribution in [2.45, 2.75) is 19.0 Å². The van der Waals surface area contributed by atoms with Crippen LogP contribution in [0.5, 0.6) is 11.5 Å². The summed E-state index contributed by atoms with van der Waals surface area (Å²) in [6, 6.07) is 8.55. The van der Waals surface area contributed by atoms with Gasteiger partial charge in [0, 0.05) is 38.9 Å². The van der Waals surface area contributed by atoms with Crippen molar-refractivity contribution < 1.29 is 9.47 Å². The van der Waals surface area contributed by atoms with E-state index in [1.54, 1.807) is 26.7 Å². The molecule has 0 radical (unpaired) electrons. The summed E-state index contributed by atoms with van der Waals surface area (Å²) in [5.74, 6) is 2.52. The topological polar surface area (TPSA) is 50.7 Å². The van der Waals surface area contributed by atoms with Gasteiger partial charge in [-0.2, -0.15) is 0 Å². The minimum Gasteiger partial charge on any atom is -0.493 e. The van der Waals surface area contributed by atoms with Gasteiger partial charge in [0.25, 0.3) is 0 Å². The molecule has 1 aromatic carbocycles. The van der Waals surface area contributed by atoms with E-state index >= 15 is 0 Å². The molecule has 6 heteroatoms. The molecule has 1 unspecified atom stereocenters. The Hall–Kier alpha value is -2.34. The molecule has 0 amide bonds. The lowest BCUT2D eigenvalue weighted by atomic mass is 10.2. The number of rotatable bonds is 6. The number of aromatic nitrogens is 2. The molecule has 1 atom stereocenters. The first kappa shape index (κ1) is 16.5. The smallest absolute Gasteiger partial charge is 0.161 e. The van der Waals surface area contributed by atoms with Gasteiger partial charge >= 0.3 is 0 Å². The number of benzene rings is 1. The minimum absolute atomic E-state index is 0.472. The van der Waals surface area contributed by atoms with Crippen LogP contribution in [0.25, 0.3) is 0 Å². The Morgan fingerprint density at radius 3 is 2.75 bits per heavy atom. The summed E-state index contributed by atoms with van der Waals surface area (Å²) in [6.45, 7) is 3.01. The first-order valence-corrected chi connectivity index (χ1v) is 8.13. The van der Waals surface area contributed by atoms with Crippen molar-refractivity contribution in [1.82, 2.24) is 14.9 Å². The highest BCUT2D eigenvalue weighted by Crippen LogP contribution is 2.29. The number of anilines is 1. The van der Waals surface area contributed by atoms with Gasteiger partial charge < -0.3 is 14.4 Å². The highest BCUT2D eigenvalue weighted by Gasteiger charge is 2.26. The Morgan fingerprint density at radius 1 is 1.21 bits per heavy atom. The quantitative estimate of drug-likeness (QED) is 0.810. The summed E-state index contributed by atoms with van der Waals surface area (Å²) in [6.07, 6.45) is 4.52. The number of ether oxygens (including phenoxy) is 2. The van der Waals surface area contributed by atoms with E-state index in [1.807, 2.05) is 12.1 Å². The Labute approximate surface area is 143 Å². The number of nitrogens with zero attached hydrogens (tertiary/aromatic N) is 4. The second kappa shape index (κ2) is 7.49. The van der Waals surface area contributed by atoms with E-state index in [4.69, 9.17) is 9.47 Å². The van der Waals surface area contributed by atoms with Crippen LogP contribution >= 0.6 is 0 Å². The van der Waals surface area contributed by atoms with E-state index in [2.05, 4.69) is 38.9 Å². The van der Waals surface area contributed by atoms with Crippen molar-refractivity contribution in [2.75, 3.05) is 39.3 Å². The molecule has 1 aliphatic rings. The maximum Gasteiger partial charge on any atom is 0.161 e. The van der Waals surface area contributed by atoms with Crippen LogP contribution in [0.4, 0.5) is 5.82 Å². The van der Waals surface area contributed by atoms with E-state index in [0.29, 0.717) is 6.04 Å². The summed E-state index contributed by atoms with van der Waals surface area (Å²) in [5, 5.41) is 0. The van der Waals surface area contributed by atoms with Crippen molar-refractivity contribution in [3.63, 3.8) is 0 Å². The van der Waals surface area contributed by atoms with E-state index in [9.17, 15) is 0 Å². The maximum atomic E-state index is 5.39. The standard InChI is InChI=1S/C18H24N4O2/c1-21(18-6-8-19-13-20-18)15-7-9-22(12-15)11-14-4-5-16(23-2)17(10-14)24-3/h4-6,8,10,13,15H,7,9,11-12H2,1-3H3. The van der Waals surface area contributed by atoms with Gasteiger partial charge in [0.2, 0.25) is 0 Å². The molecule has 0 aliphatic carbocycles. The van der Waals surface area contributed by atoms with Crippen LogP contribution < -0.4 is 14.4 Å². The molecule has 0 N–H and O–H groups in total. The summed E-state index contributed by atoms with van der Waals surface area (Å²) in [5.41, 5.74) is 1.23. The van der Waals surface area contributed by atoms with Gasteiger partial charge in [-0.25, -0.2) is 9.97 Å². The second-order valence-corrected chi connectivity index (χ2v) is 6.05. The molecule has 0 bridgehead atoms. The van der Waals surface area contributed by atoms with Gasteiger partial charge in [-0.05, 0) is 30.2 Å². The zero-order valence-electron chi connectivity index (χ0n) is 14.5. The number of hydrogen-bond acceptors (Lipinski definition) is 6. The Kier molecular flexibility index (Phi) is 5.15. The summed E-state index contributed by atoms with van der Waals surface area (Å²) >= 11 is 0. The lowest BCUT2D eigenvalue weighted by Crippen LogP contribution is -2.34. The second-order valence-electron chi connectivity index (χ2n) is 6.05. The average Bonchev–Trinajstić information content (AvgIpc) is 3.10. The number of likely N-dealkylation sites (tertiary alicyclic amines) is 1. The van der Waals surface area contributed by atoms with Crippen molar-refractivity contribution in [1.29, 1.82) is 0 Å². The predicted molar refractivity (Wildman–Crippen MR) is 93.7 cm³/mol. The van der Waals surface area contributed by atoms with Crippen LogP contribution in [-0.4, -0.2) is 55.3 Å². The molecule has 24 heavy (non-hydrogen) atoms. The van der Waals surface area contributed by atoms with Gasteiger partial charge in [-0.3, -0.25) is 4.90 Å². The highest BCUT2D eigenvalue weighted by atomic mass is 16.5. The Morgan fingerprint density at radius 2 is 2.04 bits per heavy atom. The van der Waals surface area contributed by atoms with Gasteiger partial charge in [-0.1, -0.05) is 6.07 Å². The van der Waals surface area contributed by atoms with Crippen LogP contribution in [-0.2, 0) is 6.54 Å². The van der Waals surface area contributed by atoms with Crippen LogP contribution in [0.1, 0.15) is 12.0 Å². The molecule has 2 heterocycles. The van der Waals surface area contributed by atoms with E-state index in [-0.39, 0.29) is 0 Å². The lowest BCUT2D eigenvalue weighted by Gasteiger charge is -2.25. The molecule has 0 spiro atoms. The van der Waals surface area contributed by atoms with Crippen LogP contribution in [0.15, 0.2) is 36.8 Å². The van der Waals surface area contributed by atoms with Crippen LogP contribution in [0.2, 0.25) is 0 Å². The predicted octanol–water partition coefficient (Wildman–Crippen LogP) is 2.20. The van der Waals surface area contributed by atoms with Gasteiger partial charge in [-0.15, -0.1) is 0 Å². The highest BCUT2D eigenvalue weighted by molar-refractivity contribution is 5.43. The largest absolute Gasteiger partial charge is 0.493 e. The van der Waals surface area contributed by atoms with Gasteiger partial charge in [0.1, 0.15) is 12.1 Å². The number of hydrogen-bond donors (Lipinski definition) is 0. The molecule has 128 valence electrons. The fourth-order valence-corrected chi connectivity index (χ4v) is 3.19. The molecule has 2 aromatic rings. The molecule has 1 aliphatic heterocycles. The monoisotopic (exact) mass is 328 g/mol. The third-order valence-electron chi connectivity index (χ3n) is 4.58.